The number of thioether (sulfide) groups is 1. The molecule has 0 bridgehead atoms. The molecule has 3 aromatic carbocycles. The first-order chi connectivity index (χ1) is 20.4. The van der Waals surface area contributed by atoms with Gasteiger partial charge in [0.25, 0.3) is 0 Å². The summed E-state index contributed by atoms with van der Waals surface area (Å²) in [5, 5.41) is 3.03. The number of hydrogen-bond donors (Lipinski definition) is 1. The molecule has 8 nitrogen and oxygen atoms in total. The summed E-state index contributed by atoms with van der Waals surface area (Å²) in [6.07, 6.45) is -4.45. The number of amides is 3. The highest BCUT2D eigenvalue weighted by molar-refractivity contribution is 8.15. The Balaban J connectivity index is 1.28. The van der Waals surface area contributed by atoms with E-state index in [2.05, 4.69) is 15.0 Å². The molecule has 4 rings (SSSR count). The van der Waals surface area contributed by atoms with E-state index in [-0.39, 0.29) is 36.4 Å². The molecular weight excluding hydrogens is 583 g/mol. The Kier molecular flexibility index (Phi) is 10.1. The van der Waals surface area contributed by atoms with Crippen molar-refractivity contribution in [3.05, 3.63) is 89.0 Å². The Morgan fingerprint density at radius 1 is 1.02 bits per heavy atom. The lowest BCUT2D eigenvalue weighted by molar-refractivity contribution is -0.274. The third-order valence-corrected chi connectivity index (χ3v) is 7.30. The third kappa shape index (κ3) is 9.08. The van der Waals surface area contributed by atoms with Gasteiger partial charge in [-0.2, -0.15) is 4.99 Å². The Labute approximate surface area is 251 Å². The first-order valence-corrected chi connectivity index (χ1v) is 14.4. The van der Waals surface area contributed by atoms with Gasteiger partial charge in [0.05, 0.1) is 24.5 Å². The first-order valence-electron chi connectivity index (χ1n) is 13.4. The lowest BCUT2D eigenvalue weighted by atomic mass is 9.99. The smallest absolute Gasteiger partial charge is 0.465 e. The van der Waals surface area contributed by atoms with Gasteiger partial charge >= 0.3 is 18.4 Å². The maximum atomic E-state index is 12.7. The summed E-state index contributed by atoms with van der Waals surface area (Å²) < 4.78 is 45.9. The van der Waals surface area contributed by atoms with Crippen molar-refractivity contribution in [1.29, 1.82) is 0 Å². The number of carbonyl (C=O) groups is 3. The highest BCUT2D eigenvalue weighted by atomic mass is 32.2. The molecule has 1 N–H and O–H groups in total. The summed E-state index contributed by atoms with van der Waals surface area (Å²) in [4.78, 5) is 43.3. The molecule has 226 valence electrons. The van der Waals surface area contributed by atoms with E-state index in [1.165, 1.54) is 28.8 Å². The number of aliphatic imine (C=N–C) groups is 1. The van der Waals surface area contributed by atoms with Gasteiger partial charge in [0, 0.05) is 12.1 Å². The van der Waals surface area contributed by atoms with Gasteiger partial charge in [0.1, 0.15) is 5.75 Å². The maximum absolute atomic E-state index is 12.7. The number of rotatable bonds is 9. The quantitative estimate of drug-likeness (QED) is 0.261. The molecule has 1 heterocycles. The molecule has 43 heavy (non-hydrogen) atoms. The number of benzene rings is 3. The standard InChI is InChI=1S/C31H30F3N3O5S/c1-19(2)25-13-4-20(3)16-26(25)37-27(38)18-43-30(37)36-29(40)35-23-9-5-21(6-10-23)14-15-41-28(39)17-22-7-11-24(12-8-22)42-31(32,33)34/h4-13,16,19H,14-15,17-18H2,1-3H3,(H,35,40). The number of alkyl halides is 3. The third-order valence-electron chi connectivity index (χ3n) is 6.38. The minimum absolute atomic E-state index is 0.0935. The van der Waals surface area contributed by atoms with Crippen molar-refractivity contribution in [2.75, 3.05) is 22.6 Å². The van der Waals surface area contributed by atoms with Crippen LogP contribution in [0.3, 0.4) is 0 Å². The SMILES string of the molecule is Cc1ccc(C(C)C)c(N2C(=O)CSC2=NC(=O)Nc2ccc(CCOC(=O)Cc3ccc(OC(F)(F)F)cc3)cc2)c1. The second-order valence-corrected chi connectivity index (χ2v) is 11.0. The van der Waals surface area contributed by atoms with E-state index < -0.39 is 18.4 Å². The normalized spacial score (nSPS) is 14.3. The number of ether oxygens (including phenoxy) is 2. The molecule has 0 aliphatic carbocycles. The summed E-state index contributed by atoms with van der Waals surface area (Å²) in [6, 6.07) is 17.3. The van der Waals surface area contributed by atoms with Gasteiger partial charge in [-0.05, 0) is 65.4 Å². The number of nitrogens with one attached hydrogen (secondary N) is 1. The number of hydrogen-bond acceptors (Lipinski definition) is 6. The predicted molar refractivity (Wildman–Crippen MR) is 160 cm³/mol. The highest BCUT2D eigenvalue weighted by Gasteiger charge is 2.33. The minimum atomic E-state index is -4.78. The molecule has 1 aliphatic rings. The molecule has 1 fully saturated rings. The molecule has 0 spiro atoms. The Morgan fingerprint density at radius 2 is 1.70 bits per heavy atom. The molecule has 0 aromatic heterocycles. The van der Waals surface area contributed by atoms with Gasteiger partial charge in [-0.1, -0.05) is 62.0 Å². The molecule has 1 aliphatic heterocycles. The number of urea groups is 1. The fraction of sp³-hybridized carbons (Fsp3) is 0.290. The Morgan fingerprint density at radius 3 is 2.35 bits per heavy atom. The van der Waals surface area contributed by atoms with Crippen LogP contribution in [0.4, 0.5) is 29.3 Å². The molecule has 3 aromatic rings. The molecular formula is C31H30F3N3O5S. The van der Waals surface area contributed by atoms with Crippen LogP contribution in [0.5, 0.6) is 5.75 Å². The van der Waals surface area contributed by atoms with Crippen molar-refractivity contribution in [1.82, 2.24) is 0 Å². The second-order valence-electron chi connectivity index (χ2n) is 10.1. The number of carbonyl (C=O) groups excluding carboxylic acids is 3. The number of aryl methyl sites for hydroxylation is 1. The van der Waals surface area contributed by atoms with E-state index in [4.69, 9.17) is 4.74 Å². The van der Waals surface area contributed by atoms with Crippen LogP contribution >= 0.6 is 11.8 Å². The van der Waals surface area contributed by atoms with Gasteiger partial charge in [-0.3, -0.25) is 14.5 Å². The zero-order chi connectivity index (χ0) is 31.1. The van der Waals surface area contributed by atoms with Crippen molar-refractivity contribution in [2.45, 2.75) is 45.9 Å². The van der Waals surface area contributed by atoms with Crippen LogP contribution in [0.15, 0.2) is 71.7 Å². The van der Waals surface area contributed by atoms with Crippen molar-refractivity contribution in [2.24, 2.45) is 4.99 Å². The molecule has 0 radical (unpaired) electrons. The zero-order valence-electron chi connectivity index (χ0n) is 23.7. The topological polar surface area (TPSA) is 97.3 Å². The van der Waals surface area contributed by atoms with Crippen molar-refractivity contribution in [3.8, 4) is 5.75 Å². The van der Waals surface area contributed by atoms with E-state index in [0.29, 0.717) is 22.8 Å². The highest BCUT2D eigenvalue weighted by Crippen LogP contribution is 2.34. The number of halogens is 3. The fourth-order valence-electron chi connectivity index (χ4n) is 4.32. The largest absolute Gasteiger partial charge is 0.573 e. The van der Waals surface area contributed by atoms with E-state index in [0.717, 1.165) is 34.5 Å². The van der Waals surface area contributed by atoms with E-state index >= 15 is 0 Å². The van der Waals surface area contributed by atoms with Crippen molar-refractivity contribution < 1.29 is 37.0 Å². The Bertz CT molecular complexity index is 1510. The van der Waals surface area contributed by atoms with Gasteiger partial charge < -0.3 is 14.8 Å². The summed E-state index contributed by atoms with van der Waals surface area (Å²) in [5.74, 6) is -0.652. The summed E-state index contributed by atoms with van der Waals surface area (Å²) in [7, 11) is 0. The van der Waals surface area contributed by atoms with Gasteiger partial charge in [0.15, 0.2) is 5.17 Å². The number of anilines is 2. The molecule has 0 saturated carbocycles. The lowest BCUT2D eigenvalue weighted by Gasteiger charge is -2.22. The van der Waals surface area contributed by atoms with Crippen LogP contribution < -0.4 is 15.0 Å². The average molecular weight is 614 g/mol. The molecule has 1 saturated heterocycles. The predicted octanol–water partition coefficient (Wildman–Crippen LogP) is 7.01. The molecule has 12 heteroatoms. The molecule has 3 amide bonds. The van der Waals surface area contributed by atoms with Gasteiger partial charge in [0.2, 0.25) is 5.91 Å². The van der Waals surface area contributed by atoms with Crippen molar-refractivity contribution in [3.63, 3.8) is 0 Å². The van der Waals surface area contributed by atoms with E-state index in [1.807, 2.05) is 39.0 Å². The summed E-state index contributed by atoms with van der Waals surface area (Å²) in [5.41, 5.74) is 4.57. The van der Waals surface area contributed by atoms with E-state index in [1.54, 1.807) is 24.3 Å². The van der Waals surface area contributed by atoms with Gasteiger partial charge in [-0.25, -0.2) is 4.79 Å². The number of amidine groups is 1. The molecule has 0 atom stereocenters. The lowest BCUT2D eigenvalue weighted by Crippen LogP contribution is -2.31. The van der Waals surface area contributed by atoms with Crippen LogP contribution in [0.25, 0.3) is 0 Å². The van der Waals surface area contributed by atoms with Crippen LogP contribution in [-0.2, 0) is 27.2 Å². The van der Waals surface area contributed by atoms with E-state index in [9.17, 15) is 27.6 Å². The fourth-order valence-corrected chi connectivity index (χ4v) is 5.18. The monoisotopic (exact) mass is 613 g/mol. The van der Waals surface area contributed by atoms with Crippen LogP contribution in [0.2, 0.25) is 0 Å². The Hall–Kier alpha value is -4.32. The van der Waals surface area contributed by atoms with Crippen molar-refractivity contribution >= 4 is 46.2 Å². The van der Waals surface area contributed by atoms with Crippen LogP contribution in [-0.4, -0.2) is 41.8 Å². The average Bonchev–Trinajstić information content (AvgIpc) is 3.29. The number of nitrogens with zero attached hydrogens (tertiary/aromatic N) is 2. The summed E-state index contributed by atoms with van der Waals surface area (Å²) >= 11 is 1.21. The summed E-state index contributed by atoms with van der Waals surface area (Å²) in [6.45, 7) is 6.14. The second kappa shape index (κ2) is 13.8. The first kappa shape index (κ1) is 31.6. The minimum Gasteiger partial charge on any atom is -0.465 e. The molecule has 0 unspecified atom stereocenters. The van der Waals surface area contributed by atoms with Crippen LogP contribution in [0, 0.1) is 6.92 Å². The number of esters is 1. The maximum Gasteiger partial charge on any atom is 0.573 e. The van der Waals surface area contributed by atoms with Gasteiger partial charge in [-0.15, -0.1) is 13.2 Å². The van der Waals surface area contributed by atoms with Crippen LogP contribution in [0.1, 0.15) is 42.0 Å². The zero-order valence-corrected chi connectivity index (χ0v) is 24.6.